The highest BCUT2D eigenvalue weighted by Crippen LogP contribution is 2.27. The number of carbonyl (C=O) groups is 3. The van der Waals surface area contributed by atoms with Gasteiger partial charge < -0.3 is 5.32 Å². The second kappa shape index (κ2) is 9.18. The lowest BCUT2D eigenvalue weighted by atomic mass is 9.84. The number of nitrogens with one attached hydrogen (secondary N) is 1. The number of ketones is 1. The third kappa shape index (κ3) is 4.47. The van der Waals surface area contributed by atoms with E-state index in [0.717, 1.165) is 28.0 Å². The van der Waals surface area contributed by atoms with Gasteiger partial charge in [0, 0.05) is 18.4 Å². The second-order valence-corrected chi connectivity index (χ2v) is 8.20. The summed E-state index contributed by atoms with van der Waals surface area (Å²) in [6.07, 6.45) is 1.58. The molecule has 162 valence electrons. The predicted octanol–water partition coefficient (Wildman–Crippen LogP) is 4.21. The van der Waals surface area contributed by atoms with Crippen LogP contribution in [0.1, 0.15) is 34.0 Å². The van der Waals surface area contributed by atoms with Gasteiger partial charge in [0.1, 0.15) is 5.54 Å². The van der Waals surface area contributed by atoms with Crippen molar-refractivity contribution in [3.05, 3.63) is 107 Å². The lowest BCUT2D eigenvalue weighted by Gasteiger charge is -2.27. The normalized spacial score (nSPS) is 15.0. The summed E-state index contributed by atoms with van der Waals surface area (Å²) in [6, 6.07) is 26.0. The largest absolute Gasteiger partial charge is 0.325 e. The zero-order valence-corrected chi connectivity index (χ0v) is 18.1. The summed E-state index contributed by atoms with van der Waals surface area (Å²) in [4.78, 5) is 40.4. The highest BCUT2D eigenvalue weighted by atomic mass is 16.2. The van der Waals surface area contributed by atoms with E-state index in [1.54, 1.807) is 12.1 Å². The molecular weight excluding hydrogens is 400 g/mol. The molecule has 0 aliphatic carbocycles. The van der Waals surface area contributed by atoms with Crippen molar-refractivity contribution in [2.45, 2.75) is 31.7 Å². The number of benzene rings is 3. The number of Topliss-reactive ketones (excluding diaryl/α,β-unsaturated/α-hetero) is 1. The van der Waals surface area contributed by atoms with Crippen molar-refractivity contribution < 1.29 is 14.4 Å². The fraction of sp³-hybridized carbons (Fsp3) is 0.222. The number of hydrogen-bond donors (Lipinski definition) is 1. The molecule has 0 saturated carbocycles. The lowest BCUT2D eigenvalue weighted by Crippen LogP contribution is -2.51. The van der Waals surface area contributed by atoms with Crippen molar-refractivity contribution in [1.29, 1.82) is 0 Å². The van der Waals surface area contributed by atoms with E-state index in [4.69, 9.17) is 0 Å². The van der Waals surface area contributed by atoms with Crippen LogP contribution in [0.3, 0.4) is 0 Å². The summed E-state index contributed by atoms with van der Waals surface area (Å²) in [7, 11) is 0. The first kappa shape index (κ1) is 21.5. The van der Waals surface area contributed by atoms with Crippen LogP contribution in [-0.2, 0) is 24.1 Å². The van der Waals surface area contributed by atoms with Crippen molar-refractivity contribution in [2.75, 3.05) is 6.54 Å². The summed E-state index contributed by atoms with van der Waals surface area (Å²) in [5, 5.41) is 2.92. The highest BCUT2D eigenvalue weighted by Gasteiger charge is 2.51. The average Bonchev–Trinajstić information content (AvgIpc) is 3.04. The van der Waals surface area contributed by atoms with Crippen molar-refractivity contribution in [1.82, 2.24) is 10.2 Å². The van der Waals surface area contributed by atoms with Gasteiger partial charge >= 0.3 is 6.03 Å². The Bertz CT molecular complexity index is 1070. The predicted molar refractivity (Wildman–Crippen MR) is 123 cm³/mol. The number of imide groups is 1. The molecule has 1 aliphatic rings. The van der Waals surface area contributed by atoms with Gasteiger partial charge in [-0.25, -0.2) is 4.79 Å². The minimum absolute atomic E-state index is 0.258. The standard InChI is InChI=1S/C27H26N2O3/c1-2-20-13-15-23(16-14-20)24(30)19-29-25(31)27(28-26(29)32,17-21-9-5-3-6-10-21)18-22-11-7-4-8-12-22/h3-16H,2,17-19H2,1H3,(H,28,32). The van der Waals surface area contributed by atoms with E-state index in [-0.39, 0.29) is 18.2 Å². The van der Waals surface area contributed by atoms with E-state index < -0.39 is 11.6 Å². The topological polar surface area (TPSA) is 66.5 Å². The molecule has 1 saturated heterocycles. The maximum atomic E-state index is 13.6. The Balaban J connectivity index is 1.60. The van der Waals surface area contributed by atoms with Crippen LogP contribution >= 0.6 is 0 Å². The van der Waals surface area contributed by atoms with Gasteiger partial charge in [0.2, 0.25) is 0 Å². The van der Waals surface area contributed by atoms with Crippen molar-refractivity contribution in [3.63, 3.8) is 0 Å². The fourth-order valence-electron chi connectivity index (χ4n) is 4.17. The Hall–Kier alpha value is -3.73. The van der Waals surface area contributed by atoms with E-state index >= 15 is 0 Å². The Morgan fingerprint density at radius 1 is 0.781 bits per heavy atom. The number of amides is 3. The lowest BCUT2D eigenvalue weighted by molar-refractivity contribution is -0.131. The van der Waals surface area contributed by atoms with E-state index in [1.807, 2.05) is 79.7 Å². The van der Waals surface area contributed by atoms with E-state index in [1.165, 1.54) is 0 Å². The molecule has 3 aromatic rings. The summed E-state index contributed by atoms with van der Waals surface area (Å²) < 4.78 is 0. The number of aryl methyl sites for hydroxylation is 1. The molecule has 1 aliphatic heterocycles. The smallest absolute Gasteiger partial charge is 0.322 e. The Morgan fingerprint density at radius 2 is 1.31 bits per heavy atom. The molecule has 1 fully saturated rings. The second-order valence-electron chi connectivity index (χ2n) is 8.20. The highest BCUT2D eigenvalue weighted by molar-refractivity contribution is 6.11. The molecule has 1 N–H and O–H groups in total. The Kier molecular flexibility index (Phi) is 6.17. The molecule has 0 unspecified atom stereocenters. The van der Waals surface area contributed by atoms with Gasteiger partial charge in [0.25, 0.3) is 5.91 Å². The van der Waals surface area contributed by atoms with Crippen LogP contribution in [-0.4, -0.2) is 34.7 Å². The van der Waals surface area contributed by atoms with Crippen molar-refractivity contribution in [3.8, 4) is 0 Å². The number of rotatable bonds is 8. The molecule has 5 nitrogen and oxygen atoms in total. The monoisotopic (exact) mass is 426 g/mol. The van der Waals surface area contributed by atoms with Crippen molar-refractivity contribution >= 4 is 17.7 Å². The first-order valence-corrected chi connectivity index (χ1v) is 10.8. The SMILES string of the molecule is CCc1ccc(C(=O)CN2C(=O)NC(Cc3ccccc3)(Cc3ccccc3)C2=O)cc1. The number of carbonyl (C=O) groups excluding carboxylic acids is 3. The zero-order valence-electron chi connectivity index (χ0n) is 18.1. The van der Waals surface area contributed by atoms with Gasteiger partial charge in [-0.1, -0.05) is 91.9 Å². The molecule has 32 heavy (non-hydrogen) atoms. The van der Waals surface area contributed by atoms with E-state index in [0.29, 0.717) is 18.4 Å². The van der Waals surface area contributed by atoms with Crippen LogP contribution in [0.4, 0.5) is 4.79 Å². The van der Waals surface area contributed by atoms with Crippen LogP contribution in [0.25, 0.3) is 0 Å². The van der Waals surface area contributed by atoms with Crippen LogP contribution in [0.2, 0.25) is 0 Å². The van der Waals surface area contributed by atoms with Crippen LogP contribution < -0.4 is 5.32 Å². The number of hydrogen-bond acceptors (Lipinski definition) is 3. The summed E-state index contributed by atoms with van der Waals surface area (Å²) in [5.41, 5.74) is 2.38. The molecule has 0 bridgehead atoms. The Morgan fingerprint density at radius 3 is 1.81 bits per heavy atom. The first-order chi connectivity index (χ1) is 15.5. The molecule has 4 rings (SSSR count). The zero-order chi connectivity index (χ0) is 22.6. The van der Waals surface area contributed by atoms with E-state index in [9.17, 15) is 14.4 Å². The van der Waals surface area contributed by atoms with Gasteiger partial charge in [0.15, 0.2) is 5.78 Å². The van der Waals surface area contributed by atoms with Gasteiger partial charge in [-0.3, -0.25) is 14.5 Å². The molecular formula is C27H26N2O3. The molecule has 1 heterocycles. The van der Waals surface area contributed by atoms with Crippen LogP contribution in [0, 0.1) is 0 Å². The van der Waals surface area contributed by atoms with Gasteiger partial charge in [-0.2, -0.15) is 0 Å². The quantitative estimate of drug-likeness (QED) is 0.433. The maximum Gasteiger partial charge on any atom is 0.325 e. The third-order valence-electron chi connectivity index (χ3n) is 5.93. The summed E-state index contributed by atoms with van der Waals surface area (Å²) >= 11 is 0. The summed E-state index contributed by atoms with van der Waals surface area (Å²) in [5.74, 6) is -0.625. The minimum atomic E-state index is -1.13. The van der Waals surface area contributed by atoms with Gasteiger partial charge in [-0.15, -0.1) is 0 Å². The molecule has 3 amide bonds. The maximum absolute atomic E-state index is 13.6. The number of urea groups is 1. The van der Waals surface area contributed by atoms with Crippen LogP contribution in [0.15, 0.2) is 84.9 Å². The van der Waals surface area contributed by atoms with E-state index in [2.05, 4.69) is 5.32 Å². The molecule has 5 heteroatoms. The van der Waals surface area contributed by atoms with Gasteiger partial charge in [0.05, 0.1) is 6.54 Å². The third-order valence-corrected chi connectivity index (χ3v) is 5.93. The van der Waals surface area contributed by atoms with Gasteiger partial charge in [-0.05, 0) is 23.1 Å². The fourth-order valence-corrected chi connectivity index (χ4v) is 4.17. The van der Waals surface area contributed by atoms with Crippen LogP contribution in [0.5, 0.6) is 0 Å². The average molecular weight is 427 g/mol. The molecule has 0 spiro atoms. The molecule has 0 radical (unpaired) electrons. The summed E-state index contributed by atoms with van der Waals surface area (Å²) in [6.45, 7) is 1.77. The van der Waals surface area contributed by atoms with Crippen molar-refractivity contribution in [2.24, 2.45) is 0 Å². The minimum Gasteiger partial charge on any atom is -0.322 e. The Labute approximate surface area is 188 Å². The molecule has 0 atom stereocenters. The molecule has 0 aromatic heterocycles. The molecule has 3 aromatic carbocycles. The first-order valence-electron chi connectivity index (χ1n) is 10.8. The number of nitrogens with zero attached hydrogens (tertiary/aromatic N) is 1.